The van der Waals surface area contributed by atoms with Gasteiger partial charge in [0.25, 0.3) is 0 Å². The number of thiocarbonyl (C=S) groups is 1. The predicted molar refractivity (Wildman–Crippen MR) is 125 cm³/mol. The lowest BCUT2D eigenvalue weighted by molar-refractivity contribution is 0.355. The van der Waals surface area contributed by atoms with Crippen molar-refractivity contribution >= 4 is 39.5 Å². The van der Waals surface area contributed by atoms with Crippen LogP contribution in [-0.2, 0) is 6.54 Å². The summed E-state index contributed by atoms with van der Waals surface area (Å²) >= 11 is 5.43. The number of benzene rings is 3. The third kappa shape index (κ3) is 4.36. The van der Waals surface area contributed by atoms with E-state index in [0.717, 1.165) is 11.4 Å². The minimum atomic E-state index is 0.465. The Labute approximate surface area is 180 Å². The second-order valence-electron chi connectivity index (χ2n) is 6.71. The van der Waals surface area contributed by atoms with Gasteiger partial charge in [0.15, 0.2) is 16.6 Å². The highest BCUT2D eigenvalue weighted by molar-refractivity contribution is 7.80. The largest absolute Gasteiger partial charge is 0.493 e. The van der Waals surface area contributed by atoms with Gasteiger partial charge < -0.3 is 20.1 Å². The van der Waals surface area contributed by atoms with Crippen LogP contribution in [0.2, 0.25) is 0 Å². The van der Waals surface area contributed by atoms with Gasteiger partial charge in [-0.15, -0.1) is 0 Å². The Hall–Kier alpha value is -3.58. The highest BCUT2D eigenvalue weighted by atomic mass is 32.1. The molecule has 0 atom stereocenters. The molecule has 0 bridgehead atoms. The summed E-state index contributed by atoms with van der Waals surface area (Å²) in [6, 6.07) is 20.2. The number of hydrogen-bond donors (Lipinski definition) is 2. The van der Waals surface area contributed by atoms with Gasteiger partial charge in [-0.3, -0.25) is 4.68 Å². The summed E-state index contributed by atoms with van der Waals surface area (Å²) < 4.78 is 12.5. The van der Waals surface area contributed by atoms with E-state index in [-0.39, 0.29) is 0 Å². The second-order valence-corrected chi connectivity index (χ2v) is 7.12. The van der Waals surface area contributed by atoms with Gasteiger partial charge in [-0.2, -0.15) is 5.10 Å². The molecule has 6 nitrogen and oxygen atoms in total. The number of ether oxygens (including phenoxy) is 2. The Morgan fingerprint density at radius 1 is 0.933 bits per heavy atom. The number of methoxy groups -OCH3 is 2. The van der Waals surface area contributed by atoms with Gasteiger partial charge >= 0.3 is 0 Å². The summed E-state index contributed by atoms with van der Waals surface area (Å²) in [6.07, 6.45) is 3.69. The first kappa shape index (κ1) is 19.7. The van der Waals surface area contributed by atoms with Crippen LogP contribution < -0.4 is 20.1 Å². The van der Waals surface area contributed by atoms with Gasteiger partial charge in [-0.05, 0) is 40.7 Å². The molecule has 0 aliphatic carbocycles. The fourth-order valence-electron chi connectivity index (χ4n) is 3.33. The lowest BCUT2D eigenvalue weighted by Crippen LogP contribution is -2.18. The number of rotatable bonds is 6. The molecule has 7 heteroatoms. The van der Waals surface area contributed by atoms with Gasteiger partial charge in [-0.25, -0.2) is 0 Å². The van der Waals surface area contributed by atoms with E-state index >= 15 is 0 Å². The second kappa shape index (κ2) is 8.84. The van der Waals surface area contributed by atoms with Crippen LogP contribution in [0.3, 0.4) is 0 Å². The van der Waals surface area contributed by atoms with Gasteiger partial charge in [0.1, 0.15) is 0 Å². The van der Waals surface area contributed by atoms with Crippen molar-refractivity contribution in [2.75, 3.05) is 24.9 Å². The van der Waals surface area contributed by atoms with Gasteiger partial charge in [0, 0.05) is 18.0 Å². The Kier molecular flexibility index (Phi) is 5.81. The minimum Gasteiger partial charge on any atom is -0.493 e. The molecule has 0 saturated heterocycles. The van der Waals surface area contributed by atoms with Crippen LogP contribution >= 0.6 is 12.2 Å². The van der Waals surface area contributed by atoms with Crippen molar-refractivity contribution in [3.05, 3.63) is 78.6 Å². The number of hydrogen-bond acceptors (Lipinski definition) is 4. The van der Waals surface area contributed by atoms with Crippen molar-refractivity contribution in [2.24, 2.45) is 0 Å². The van der Waals surface area contributed by atoms with E-state index < -0.39 is 0 Å². The van der Waals surface area contributed by atoms with E-state index in [1.807, 2.05) is 35.1 Å². The van der Waals surface area contributed by atoms with Crippen molar-refractivity contribution < 1.29 is 9.47 Å². The van der Waals surface area contributed by atoms with E-state index in [1.165, 1.54) is 16.3 Å². The first-order chi connectivity index (χ1) is 14.7. The molecule has 0 amide bonds. The fourth-order valence-corrected chi connectivity index (χ4v) is 3.56. The molecule has 4 aromatic rings. The first-order valence-corrected chi connectivity index (χ1v) is 9.86. The summed E-state index contributed by atoms with van der Waals surface area (Å²) in [4.78, 5) is 0. The number of fused-ring (bicyclic) bond motifs is 1. The molecule has 1 aromatic heterocycles. The van der Waals surface area contributed by atoms with Crippen molar-refractivity contribution in [1.82, 2.24) is 9.78 Å². The van der Waals surface area contributed by atoms with Crippen LogP contribution in [0.25, 0.3) is 10.8 Å². The molecule has 152 valence electrons. The zero-order valence-corrected chi connectivity index (χ0v) is 17.6. The average molecular weight is 419 g/mol. The highest BCUT2D eigenvalue weighted by Gasteiger charge is 2.08. The molecule has 0 radical (unpaired) electrons. The maximum atomic E-state index is 5.43. The molecular weight excluding hydrogens is 396 g/mol. The number of nitrogens with zero attached hydrogens (tertiary/aromatic N) is 2. The molecule has 0 unspecified atom stereocenters. The average Bonchev–Trinajstić information content (AvgIpc) is 3.20. The Bertz CT molecular complexity index is 1180. The lowest BCUT2D eigenvalue weighted by atomic mass is 10.0. The molecule has 1 heterocycles. The van der Waals surface area contributed by atoms with E-state index in [4.69, 9.17) is 21.7 Å². The maximum Gasteiger partial charge on any atom is 0.175 e. The zero-order chi connectivity index (χ0) is 20.9. The van der Waals surface area contributed by atoms with E-state index in [1.54, 1.807) is 20.4 Å². The van der Waals surface area contributed by atoms with Crippen LogP contribution in [0, 0.1) is 0 Å². The molecule has 30 heavy (non-hydrogen) atoms. The number of anilines is 2. The molecule has 3 aromatic carbocycles. The van der Waals surface area contributed by atoms with E-state index in [9.17, 15) is 0 Å². The molecule has 0 aliphatic heterocycles. The summed E-state index contributed by atoms with van der Waals surface area (Å²) in [7, 11) is 3.20. The normalized spacial score (nSPS) is 10.6. The molecular formula is C23H22N4O2S. The molecule has 2 N–H and O–H groups in total. The molecule has 4 rings (SSSR count). The van der Waals surface area contributed by atoms with Crippen LogP contribution in [-0.4, -0.2) is 29.1 Å². The Morgan fingerprint density at radius 3 is 2.53 bits per heavy atom. The summed E-state index contributed by atoms with van der Waals surface area (Å²) in [5.41, 5.74) is 2.83. The SMILES string of the molecule is COc1ccc(NC(=S)Nc2cnn(Cc3cccc4ccccc34)c2)cc1OC. The number of nitrogens with one attached hydrogen (secondary N) is 2. The summed E-state index contributed by atoms with van der Waals surface area (Å²) in [6.45, 7) is 0.679. The van der Waals surface area contributed by atoms with Crippen molar-refractivity contribution in [3.63, 3.8) is 0 Å². The van der Waals surface area contributed by atoms with Crippen LogP contribution in [0.5, 0.6) is 11.5 Å². The third-order valence-corrected chi connectivity index (χ3v) is 4.95. The van der Waals surface area contributed by atoms with Crippen molar-refractivity contribution in [1.29, 1.82) is 0 Å². The molecule has 0 fully saturated rings. The predicted octanol–water partition coefficient (Wildman–Crippen LogP) is 4.91. The van der Waals surface area contributed by atoms with E-state index in [2.05, 4.69) is 52.1 Å². The zero-order valence-electron chi connectivity index (χ0n) is 16.8. The van der Waals surface area contributed by atoms with Crippen molar-refractivity contribution in [2.45, 2.75) is 6.54 Å². The third-order valence-electron chi connectivity index (χ3n) is 4.74. The minimum absolute atomic E-state index is 0.465. The quantitative estimate of drug-likeness (QED) is 0.434. The van der Waals surface area contributed by atoms with Gasteiger partial charge in [-0.1, -0.05) is 42.5 Å². The first-order valence-electron chi connectivity index (χ1n) is 9.45. The van der Waals surface area contributed by atoms with Crippen LogP contribution in [0.1, 0.15) is 5.56 Å². The van der Waals surface area contributed by atoms with Crippen LogP contribution in [0.4, 0.5) is 11.4 Å². The van der Waals surface area contributed by atoms with E-state index in [0.29, 0.717) is 23.2 Å². The van der Waals surface area contributed by atoms with Crippen LogP contribution in [0.15, 0.2) is 73.1 Å². The smallest absolute Gasteiger partial charge is 0.175 e. The fraction of sp³-hybridized carbons (Fsp3) is 0.130. The van der Waals surface area contributed by atoms with Gasteiger partial charge in [0.05, 0.1) is 32.6 Å². The monoisotopic (exact) mass is 418 g/mol. The summed E-state index contributed by atoms with van der Waals surface area (Å²) in [5.74, 6) is 1.30. The molecule has 0 aliphatic rings. The lowest BCUT2D eigenvalue weighted by Gasteiger charge is -2.12. The topological polar surface area (TPSA) is 60.3 Å². The molecule has 0 saturated carbocycles. The Balaban J connectivity index is 1.42. The van der Waals surface area contributed by atoms with Crippen molar-refractivity contribution in [3.8, 4) is 11.5 Å². The number of aromatic nitrogens is 2. The highest BCUT2D eigenvalue weighted by Crippen LogP contribution is 2.29. The standard InChI is InChI=1S/C23H22N4O2S/c1-28-21-11-10-18(12-22(21)29-2)25-23(30)26-19-13-24-27(15-19)14-17-8-5-7-16-6-3-4-9-20(16)17/h3-13,15H,14H2,1-2H3,(H2,25,26,30). The maximum absolute atomic E-state index is 5.43. The molecule has 0 spiro atoms. The van der Waals surface area contributed by atoms with Gasteiger partial charge in [0.2, 0.25) is 0 Å². The summed E-state index contributed by atoms with van der Waals surface area (Å²) in [5, 5.41) is 13.7. The Morgan fingerprint density at radius 2 is 1.70 bits per heavy atom.